The molecule has 1 saturated heterocycles. The van der Waals surface area contributed by atoms with E-state index in [1.807, 2.05) is 6.08 Å². The molecule has 50 heavy (non-hydrogen) atoms. The summed E-state index contributed by atoms with van der Waals surface area (Å²) in [7, 11) is 0. The summed E-state index contributed by atoms with van der Waals surface area (Å²) in [4.78, 5) is 12.9. The highest BCUT2D eigenvalue weighted by Gasteiger charge is 2.44. The van der Waals surface area contributed by atoms with Gasteiger partial charge in [-0.1, -0.05) is 140 Å². The molecule has 292 valence electrons. The van der Waals surface area contributed by atoms with Gasteiger partial charge in [0, 0.05) is 0 Å². The van der Waals surface area contributed by atoms with Crippen molar-refractivity contribution in [2.24, 2.45) is 0 Å². The molecule has 0 aliphatic carbocycles. The van der Waals surface area contributed by atoms with Gasteiger partial charge in [0.05, 0.1) is 25.4 Å². The fraction of sp³-hybridized carbons (Fsp3) is 0.825. The standard InChI is InChI=1S/C40H73NO9/c1-3-5-7-9-11-13-15-16-17-19-21-23-25-27-29-34(44)39(48)41-32(31-49-40-38(47)37(46)36(45)35(30-42)50-40)33(43)28-26-24-22-20-18-14-12-10-8-6-4-2/h11,13,15-16,26,28,32-38,40,42-47H,3-10,12,14,17-25,27,29-31H2,1-2H3,(H,41,48)/b13-11-,16-15-,28-26+. The first-order valence-corrected chi connectivity index (χ1v) is 19.8. The van der Waals surface area contributed by atoms with E-state index in [1.54, 1.807) is 6.08 Å². The van der Waals surface area contributed by atoms with Crippen molar-refractivity contribution in [1.29, 1.82) is 0 Å². The maximum Gasteiger partial charge on any atom is 0.249 e. The monoisotopic (exact) mass is 712 g/mol. The number of hydrogen-bond acceptors (Lipinski definition) is 9. The fourth-order valence-corrected chi connectivity index (χ4v) is 5.97. The van der Waals surface area contributed by atoms with Gasteiger partial charge in [0.1, 0.15) is 30.5 Å². The molecule has 0 aromatic rings. The molecule has 0 spiro atoms. The van der Waals surface area contributed by atoms with Gasteiger partial charge >= 0.3 is 0 Å². The van der Waals surface area contributed by atoms with Crippen LogP contribution in [0.25, 0.3) is 0 Å². The van der Waals surface area contributed by atoms with Crippen LogP contribution in [0, 0.1) is 0 Å². The van der Waals surface area contributed by atoms with Gasteiger partial charge in [0.25, 0.3) is 0 Å². The molecule has 7 N–H and O–H groups in total. The Balaban J connectivity index is 2.53. The van der Waals surface area contributed by atoms with E-state index >= 15 is 0 Å². The van der Waals surface area contributed by atoms with Crippen LogP contribution in [0.15, 0.2) is 36.5 Å². The number of hydrogen-bond donors (Lipinski definition) is 7. The number of carbonyl (C=O) groups excluding carboxylic acids is 1. The smallest absolute Gasteiger partial charge is 0.249 e. The number of aliphatic hydroxyl groups is 6. The molecular weight excluding hydrogens is 638 g/mol. The van der Waals surface area contributed by atoms with E-state index in [2.05, 4.69) is 43.5 Å². The molecule has 0 aromatic carbocycles. The number of unbranched alkanes of at least 4 members (excludes halogenated alkanes) is 17. The second-order valence-corrected chi connectivity index (χ2v) is 13.9. The predicted molar refractivity (Wildman–Crippen MR) is 199 cm³/mol. The summed E-state index contributed by atoms with van der Waals surface area (Å²) in [6, 6.07) is -0.983. The van der Waals surface area contributed by atoms with Crippen molar-refractivity contribution in [2.45, 2.75) is 198 Å². The van der Waals surface area contributed by atoms with E-state index in [1.165, 1.54) is 64.2 Å². The summed E-state index contributed by atoms with van der Waals surface area (Å²) < 4.78 is 11.1. The molecule has 0 radical (unpaired) electrons. The van der Waals surface area contributed by atoms with Crippen molar-refractivity contribution < 1.29 is 44.9 Å². The normalized spacial score (nSPS) is 23.2. The summed E-state index contributed by atoms with van der Waals surface area (Å²) >= 11 is 0. The number of nitrogens with one attached hydrogen (secondary N) is 1. The highest BCUT2D eigenvalue weighted by Crippen LogP contribution is 2.22. The number of amides is 1. The Morgan fingerprint density at radius 1 is 0.700 bits per heavy atom. The predicted octanol–water partition coefficient (Wildman–Crippen LogP) is 5.91. The molecular formula is C40H73NO9. The number of rotatable bonds is 31. The minimum atomic E-state index is -1.61. The average molecular weight is 712 g/mol. The van der Waals surface area contributed by atoms with Crippen molar-refractivity contribution in [3.63, 3.8) is 0 Å². The molecule has 1 aliphatic heterocycles. The third-order valence-electron chi connectivity index (χ3n) is 9.34. The minimum Gasteiger partial charge on any atom is -0.394 e. The van der Waals surface area contributed by atoms with Crippen molar-refractivity contribution in [3.05, 3.63) is 36.5 Å². The first-order chi connectivity index (χ1) is 24.3. The Kier molecular flexibility index (Phi) is 28.7. The van der Waals surface area contributed by atoms with E-state index in [-0.39, 0.29) is 6.61 Å². The Bertz CT molecular complexity index is 896. The molecule has 8 unspecified atom stereocenters. The van der Waals surface area contributed by atoms with Gasteiger partial charge in [0.15, 0.2) is 6.29 Å². The lowest BCUT2D eigenvalue weighted by Crippen LogP contribution is -2.60. The van der Waals surface area contributed by atoms with Crippen LogP contribution in [0.4, 0.5) is 0 Å². The summed E-state index contributed by atoms with van der Waals surface area (Å²) in [5.41, 5.74) is 0. The summed E-state index contributed by atoms with van der Waals surface area (Å²) in [6.07, 6.45) is 25.2. The maximum absolute atomic E-state index is 12.9. The van der Waals surface area contributed by atoms with E-state index in [9.17, 15) is 35.4 Å². The Hall–Kier alpha value is -1.63. The molecule has 0 aromatic heterocycles. The third kappa shape index (κ3) is 21.7. The summed E-state index contributed by atoms with van der Waals surface area (Å²) in [6.45, 7) is 3.51. The average Bonchev–Trinajstić information content (AvgIpc) is 3.11. The highest BCUT2D eigenvalue weighted by molar-refractivity contribution is 5.80. The van der Waals surface area contributed by atoms with E-state index in [0.29, 0.717) is 12.8 Å². The second-order valence-electron chi connectivity index (χ2n) is 13.9. The molecule has 10 heteroatoms. The molecule has 1 heterocycles. The zero-order chi connectivity index (χ0) is 36.8. The largest absolute Gasteiger partial charge is 0.394 e. The van der Waals surface area contributed by atoms with Crippen LogP contribution in [0.3, 0.4) is 0 Å². The lowest BCUT2D eigenvalue weighted by molar-refractivity contribution is -0.302. The van der Waals surface area contributed by atoms with Crippen LogP contribution < -0.4 is 5.32 Å². The van der Waals surface area contributed by atoms with Crippen LogP contribution in [-0.4, -0.2) is 98.7 Å². The van der Waals surface area contributed by atoms with Gasteiger partial charge in [-0.25, -0.2) is 0 Å². The molecule has 1 fully saturated rings. The van der Waals surface area contributed by atoms with Crippen molar-refractivity contribution in [2.75, 3.05) is 13.2 Å². The topological polar surface area (TPSA) is 169 Å². The highest BCUT2D eigenvalue weighted by atomic mass is 16.7. The zero-order valence-corrected chi connectivity index (χ0v) is 31.3. The molecule has 1 rings (SSSR count). The Morgan fingerprint density at radius 2 is 1.20 bits per heavy atom. The molecule has 1 amide bonds. The fourth-order valence-electron chi connectivity index (χ4n) is 5.97. The van der Waals surface area contributed by atoms with Gasteiger partial charge in [-0.15, -0.1) is 0 Å². The van der Waals surface area contributed by atoms with Crippen LogP contribution in [-0.2, 0) is 14.3 Å². The number of aliphatic hydroxyl groups excluding tert-OH is 6. The van der Waals surface area contributed by atoms with E-state index < -0.39 is 61.5 Å². The minimum absolute atomic E-state index is 0.291. The van der Waals surface area contributed by atoms with Crippen LogP contribution in [0.2, 0.25) is 0 Å². The van der Waals surface area contributed by atoms with Crippen molar-refractivity contribution in [3.8, 4) is 0 Å². The van der Waals surface area contributed by atoms with Gasteiger partial charge in [-0.3, -0.25) is 4.79 Å². The van der Waals surface area contributed by atoms with Crippen LogP contribution in [0.5, 0.6) is 0 Å². The molecule has 8 atom stereocenters. The molecule has 1 aliphatic rings. The van der Waals surface area contributed by atoms with Gasteiger partial charge in [-0.05, 0) is 44.9 Å². The van der Waals surface area contributed by atoms with Crippen molar-refractivity contribution >= 4 is 5.91 Å². The zero-order valence-electron chi connectivity index (χ0n) is 31.3. The quantitative estimate of drug-likeness (QED) is 0.0263. The van der Waals surface area contributed by atoms with E-state index in [0.717, 1.165) is 57.8 Å². The Morgan fingerprint density at radius 3 is 1.78 bits per heavy atom. The van der Waals surface area contributed by atoms with Crippen LogP contribution in [0.1, 0.15) is 149 Å². The lowest BCUT2D eigenvalue weighted by Gasteiger charge is -2.40. The summed E-state index contributed by atoms with van der Waals surface area (Å²) in [5.74, 6) is -0.633. The number of allylic oxidation sites excluding steroid dienone is 5. The first kappa shape index (κ1) is 46.4. The molecule has 0 bridgehead atoms. The first-order valence-electron chi connectivity index (χ1n) is 19.8. The molecule has 0 saturated carbocycles. The van der Waals surface area contributed by atoms with Crippen LogP contribution >= 0.6 is 0 Å². The lowest BCUT2D eigenvalue weighted by atomic mass is 9.99. The van der Waals surface area contributed by atoms with Gasteiger partial charge in [0.2, 0.25) is 5.91 Å². The third-order valence-corrected chi connectivity index (χ3v) is 9.34. The molecule has 10 nitrogen and oxygen atoms in total. The Labute approximate surface area is 303 Å². The van der Waals surface area contributed by atoms with E-state index in [4.69, 9.17) is 9.47 Å². The second kappa shape index (κ2) is 30.9. The van der Waals surface area contributed by atoms with Gasteiger partial charge < -0.3 is 45.4 Å². The van der Waals surface area contributed by atoms with Crippen molar-refractivity contribution in [1.82, 2.24) is 5.32 Å². The summed E-state index contributed by atoms with van der Waals surface area (Å²) in [5, 5.41) is 64.3. The SMILES string of the molecule is CCCCC/C=C\C=C/CCCCCCCC(O)C(=O)NC(COC1OC(CO)C(O)C(O)C1O)C(O)/C=C/CCCCCCCCCCC. The maximum atomic E-state index is 12.9. The van der Waals surface area contributed by atoms with Gasteiger partial charge in [-0.2, -0.15) is 0 Å². The number of carbonyl (C=O) groups is 1. The number of ether oxygens (including phenoxy) is 2.